The van der Waals surface area contributed by atoms with Crippen molar-refractivity contribution < 1.29 is 4.39 Å². The van der Waals surface area contributed by atoms with E-state index in [9.17, 15) is 4.39 Å². The molecule has 1 N–H and O–H groups in total. The normalized spacial score (nSPS) is 10.8. The first-order valence-corrected chi connectivity index (χ1v) is 6.57. The highest BCUT2D eigenvalue weighted by Crippen LogP contribution is 2.19. The second kappa shape index (κ2) is 6.11. The van der Waals surface area contributed by atoms with Crippen molar-refractivity contribution in [2.75, 3.05) is 6.54 Å². The van der Waals surface area contributed by atoms with Crippen LogP contribution >= 0.6 is 15.9 Å². The summed E-state index contributed by atoms with van der Waals surface area (Å²) < 4.78 is 15.8. The van der Waals surface area contributed by atoms with Gasteiger partial charge in [-0.2, -0.15) is 0 Å². The fourth-order valence-electron chi connectivity index (χ4n) is 1.75. The van der Waals surface area contributed by atoms with Gasteiger partial charge in [-0.15, -0.1) is 0 Å². The number of nitrogens with zero attached hydrogens (tertiary/aromatic N) is 2. The van der Waals surface area contributed by atoms with Gasteiger partial charge in [0.05, 0.1) is 4.47 Å². The Bertz CT molecular complexity index is 525. The smallest absolute Gasteiger partial charge is 0.137 e. The molecule has 0 bridgehead atoms. The van der Waals surface area contributed by atoms with E-state index in [-0.39, 0.29) is 5.82 Å². The van der Waals surface area contributed by atoms with Crippen molar-refractivity contribution in [3.63, 3.8) is 0 Å². The van der Waals surface area contributed by atoms with E-state index in [2.05, 4.69) is 26.2 Å². The summed E-state index contributed by atoms with van der Waals surface area (Å²) in [7, 11) is 1.98. The van der Waals surface area contributed by atoms with Crippen molar-refractivity contribution in [1.29, 1.82) is 0 Å². The predicted molar refractivity (Wildman–Crippen MR) is 72.7 cm³/mol. The van der Waals surface area contributed by atoms with Gasteiger partial charge < -0.3 is 9.88 Å². The van der Waals surface area contributed by atoms with Gasteiger partial charge in [0.2, 0.25) is 0 Å². The molecular formula is C13H15BrFN3. The zero-order chi connectivity index (χ0) is 13.0. The number of hydrogen-bond acceptors (Lipinski definition) is 2. The average molecular weight is 312 g/mol. The summed E-state index contributed by atoms with van der Waals surface area (Å²) in [6.07, 6.45) is 4.58. The van der Waals surface area contributed by atoms with Crippen LogP contribution in [0.4, 0.5) is 4.39 Å². The topological polar surface area (TPSA) is 29.9 Å². The van der Waals surface area contributed by atoms with E-state index in [1.54, 1.807) is 12.3 Å². The highest BCUT2D eigenvalue weighted by atomic mass is 79.9. The van der Waals surface area contributed by atoms with Crippen LogP contribution in [-0.4, -0.2) is 16.1 Å². The summed E-state index contributed by atoms with van der Waals surface area (Å²) in [5.74, 6) is 0.819. The lowest BCUT2D eigenvalue weighted by Gasteiger charge is -2.07. The lowest BCUT2D eigenvalue weighted by molar-refractivity contribution is 0.609. The lowest BCUT2D eigenvalue weighted by atomic mass is 10.2. The van der Waals surface area contributed by atoms with Crippen LogP contribution in [0.1, 0.15) is 11.4 Å². The molecule has 0 aliphatic carbocycles. The Morgan fingerprint density at radius 3 is 3.00 bits per heavy atom. The standard InChI is InChI=1S/C13H15BrFN3/c1-18-8-7-17-12(18)5-6-16-9-10-3-2-4-11(15)13(10)14/h2-4,7-8,16H,5-6,9H2,1H3. The molecule has 0 saturated carbocycles. The zero-order valence-corrected chi connectivity index (χ0v) is 11.7. The number of hydrogen-bond donors (Lipinski definition) is 1. The Hall–Kier alpha value is -1.20. The average Bonchev–Trinajstić information content (AvgIpc) is 2.76. The molecule has 0 spiro atoms. The number of halogens is 2. The van der Waals surface area contributed by atoms with Gasteiger partial charge in [-0.25, -0.2) is 9.37 Å². The Kier molecular flexibility index (Phi) is 4.49. The second-order valence-corrected chi connectivity index (χ2v) is 4.89. The summed E-state index contributed by atoms with van der Waals surface area (Å²) in [4.78, 5) is 4.25. The molecule has 1 heterocycles. The van der Waals surface area contributed by atoms with E-state index in [4.69, 9.17) is 0 Å². The molecule has 5 heteroatoms. The molecule has 0 radical (unpaired) electrons. The van der Waals surface area contributed by atoms with Gasteiger partial charge in [-0.05, 0) is 27.6 Å². The van der Waals surface area contributed by atoms with Gasteiger partial charge in [0, 0.05) is 39.0 Å². The van der Waals surface area contributed by atoms with Gasteiger partial charge in [0.25, 0.3) is 0 Å². The van der Waals surface area contributed by atoms with Crippen LogP contribution in [0.25, 0.3) is 0 Å². The minimum Gasteiger partial charge on any atom is -0.338 e. The third-order valence-corrected chi connectivity index (χ3v) is 3.68. The first-order chi connectivity index (χ1) is 8.68. The van der Waals surface area contributed by atoms with Crippen LogP contribution in [0.15, 0.2) is 35.1 Å². The van der Waals surface area contributed by atoms with Gasteiger partial charge in [0.15, 0.2) is 0 Å². The van der Waals surface area contributed by atoms with E-state index >= 15 is 0 Å². The van der Waals surface area contributed by atoms with E-state index < -0.39 is 0 Å². The fraction of sp³-hybridized carbons (Fsp3) is 0.308. The Balaban J connectivity index is 1.82. The van der Waals surface area contributed by atoms with E-state index in [1.165, 1.54) is 6.07 Å². The number of benzene rings is 1. The predicted octanol–water partition coefficient (Wildman–Crippen LogP) is 2.65. The van der Waals surface area contributed by atoms with E-state index in [0.29, 0.717) is 11.0 Å². The Labute approximate surface area is 114 Å². The number of aromatic nitrogens is 2. The van der Waals surface area contributed by atoms with Gasteiger partial charge in [-0.1, -0.05) is 12.1 Å². The van der Waals surface area contributed by atoms with Crippen LogP contribution in [0.3, 0.4) is 0 Å². The maximum absolute atomic E-state index is 13.3. The molecule has 2 rings (SSSR count). The molecule has 1 aromatic carbocycles. The second-order valence-electron chi connectivity index (χ2n) is 4.09. The zero-order valence-electron chi connectivity index (χ0n) is 10.2. The molecule has 0 saturated heterocycles. The van der Waals surface area contributed by atoms with E-state index in [1.807, 2.05) is 23.9 Å². The van der Waals surface area contributed by atoms with Gasteiger partial charge in [-0.3, -0.25) is 0 Å². The molecule has 0 aliphatic heterocycles. The number of rotatable bonds is 5. The van der Waals surface area contributed by atoms with Gasteiger partial charge in [0.1, 0.15) is 11.6 Å². The number of aryl methyl sites for hydroxylation is 1. The molecule has 1 aromatic heterocycles. The van der Waals surface area contributed by atoms with Crippen molar-refractivity contribution in [1.82, 2.24) is 14.9 Å². The molecule has 0 amide bonds. The maximum Gasteiger partial charge on any atom is 0.137 e. The Morgan fingerprint density at radius 1 is 1.44 bits per heavy atom. The quantitative estimate of drug-likeness (QED) is 0.860. The Morgan fingerprint density at radius 2 is 2.28 bits per heavy atom. The van der Waals surface area contributed by atoms with Crippen LogP contribution in [0, 0.1) is 5.82 Å². The largest absolute Gasteiger partial charge is 0.338 e. The summed E-state index contributed by atoms with van der Waals surface area (Å²) in [6.45, 7) is 1.45. The summed E-state index contributed by atoms with van der Waals surface area (Å²) in [6, 6.07) is 5.07. The minimum absolute atomic E-state index is 0.224. The van der Waals surface area contributed by atoms with Crippen molar-refractivity contribution in [3.05, 3.63) is 52.3 Å². The molecule has 96 valence electrons. The molecule has 0 aliphatic rings. The fourth-order valence-corrected chi connectivity index (χ4v) is 2.15. The van der Waals surface area contributed by atoms with Crippen LogP contribution in [0.2, 0.25) is 0 Å². The van der Waals surface area contributed by atoms with Crippen molar-refractivity contribution in [2.24, 2.45) is 7.05 Å². The van der Waals surface area contributed by atoms with Crippen molar-refractivity contribution in [2.45, 2.75) is 13.0 Å². The summed E-state index contributed by atoms with van der Waals surface area (Å²) >= 11 is 3.25. The number of imidazole rings is 1. The maximum atomic E-state index is 13.3. The van der Waals surface area contributed by atoms with Crippen LogP contribution in [-0.2, 0) is 20.0 Å². The van der Waals surface area contributed by atoms with Gasteiger partial charge >= 0.3 is 0 Å². The highest BCUT2D eigenvalue weighted by molar-refractivity contribution is 9.10. The first kappa shape index (κ1) is 13.2. The minimum atomic E-state index is -0.224. The highest BCUT2D eigenvalue weighted by Gasteiger charge is 2.04. The molecule has 2 aromatic rings. The molecule has 0 unspecified atom stereocenters. The van der Waals surface area contributed by atoms with Crippen LogP contribution in [0.5, 0.6) is 0 Å². The summed E-state index contributed by atoms with van der Waals surface area (Å²) in [5.41, 5.74) is 0.926. The third-order valence-electron chi connectivity index (χ3n) is 2.79. The van der Waals surface area contributed by atoms with Crippen LogP contribution < -0.4 is 5.32 Å². The monoisotopic (exact) mass is 311 g/mol. The summed E-state index contributed by atoms with van der Waals surface area (Å²) in [5, 5.41) is 3.29. The lowest BCUT2D eigenvalue weighted by Crippen LogP contribution is -2.18. The molecule has 3 nitrogen and oxygen atoms in total. The van der Waals surface area contributed by atoms with Crippen molar-refractivity contribution in [3.8, 4) is 0 Å². The van der Waals surface area contributed by atoms with Crippen molar-refractivity contribution >= 4 is 15.9 Å². The number of nitrogens with one attached hydrogen (secondary N) is 1. The third kappa shape index (κ3) is 3.17. The molecule has 0 fully saturated rings. The van der Waals surface area contributed by atoms with E-state index in [0.717, 1.165) is 24.4 Å². The molecule has 0 atom stereocenters. The molecule has 18 heavy (non-hydrogen) atoms. The first-order valence-electron chi connectivity index (χ1n) is 5.78. The SMILES string of the molecule is Cn1ccnc1CCNCc1cccc(F)c1Br. The molecular weight excluding hydrogens is 297 g/mol.